The molecule has 1 amide bonds. The summed E-state index contributed by atoms with van der Waals surface area (Å²) in [7, 11) is 0. The van der Waals surface area contributed by atoms with E-state index in [0.717, 1.165) is 6.42 Å². The van der Waals surface area contributed by atoms with Gasteiger partial charge in [0, 0.05) is 38.7 Å². The van der Waals surface area contributed by atoms with Crippen LogP contribution in [-0.2, 0) is 4.79 Å². The minimum atomic E-state index is -0.364. The van der Waals surface area contributed by atoms with Crippen molar-refractivity contribution in [1.29, 1.82) is 0 Å². The quantitative estimate of drug-likeness (QED) is 0.807. The third kappa shape index (κ3) is 3.52. The third-order valence-electron chi connectivity index (χ3n) is 3.61. The Labute approximate surface area is 137 Å². The normalized spacial score (nSPS) is 15.8. The van der Waals surface area contributed by atoms with Gasteiger partial charge in [-0.25, -0.2) is 4.39 Å². The molecule has 0 spiro atoms. The summed E-state index contributed by atoms with van der Waals surface area (Å²) in [5.41, 5.74) is 6.56. The number of benzene rings is 1. The summed E-state index contributed by atoms with van der Waals surface area (Å²) in [6.07, 6.45) is 0.813. The van der Waals surface area contributed by atoms with Crippen LogP contribution in [0, 0.1) is 5.82 Å². The fourth-order valence-corrected chi connectivity index (χ4v) is 3.30. The highest BCUT2D eigenvalue weighted by atomic mass is 79.9. The molecule has 0 radical (unpaired) electrons. The highest BCUT2D eigenvalue weighted by Gasteiger charge is 2.21. The number of carbonyl (C=O) groups is 1. The molecule has 2 N–H and O–H groups in total. The minimum absolute atomic E-state index is 0.0577. The van der Waals surface area contributed by atoms with Gasteiger partial charge >= 0.3 is 0 Å². The van der Waals surface area contributed by atoms with E-state index in [9.17, 15) is 9.18 Å². The second kappa shape index (κ2) is 6.70. The number of carbonyl (C=O) groups excluding carboxylic acids is 1. The molecule has 0 aliphatic carbocycles. The number of nitrogens with two attached hydrogens (primary N) is 1. The van der Waals surface area contributed by atoms with E-state index in [1.807, 2.05) is 4.90 Å². The number of anilines is 1. The zero-order valence-electron chi connectivity index (χ0n) is 11.7. The van der Waals surface area contributed by atoms with Crippen LogP contribution in [0.2, 0.25) is 0 Å². The van der Waals surface area contributed by atoms with Gasteiger partial charge in [0.1, 0.15) is 4.99 Å². The molecule has 1 aromatic rings. The lowest BCUT2D eigenvalue weighted by Crippen LogP contribution is -2.34. The predicted molar refractivity (Wildman–Crippen MR) is 89.1 cm³/mol. The van der Waals surface area contributed by atoms with Crippen LogP contribution in [0.1, 0.15) is 18.9 Å². The van der Waals surface area contributed by atoms with Gasteiger partial charge in [0.05, 0.1) is 10.2 Å². The topological polar surface area (TPSA) is 49.6 Å². The number of halogens is 2. The van der Waals surface area contributed by atoms with Gasteiger partial charge < -0.3 is 15.5 Å². The lowest BCUT2D eigenvalue weighted by molar-refractivity contribution is -0.128. The average molecular weight is 374 g/mol. The summed E-state index contributed by atoms with van der Waals surface area (Å²) in [6.45, 7) is 4.18. The van der Waals surface area contributed by atoms with Gasteiger partial charge in [0.15, 0.2) is 5.82 Å². The van der Waals surface area contributed by atoms with Crippen LogP contribution in [0.15, 0.2) is 16.6 Å². The molecule has 1 aliphatic heterocycles. The Morgan fingerprint density at radius 3 is 2.67 bits per heavy atom. The van der Waals surface area contributed by atoms with Gasteiger partial charge in [0.2, 0.25) is 5.91 Å². The maximum absolute atomic E-state index is 14.5. The molecule has 1 heterocycles. The first kappa shape index (κ1) is 16.2. The van der Waals surface area contributed by atoms with Crippen molar-refractivity contribution in [1.82, 2.24) is 4.90 Å². The monoisotopic (exact) mass is 373 g/mol. The van der Waals surface area contributed by atoms with Crippen LogP contribution in [0.4, 0.5) is 10.1 Å². The van der Waals surface area contributed by atoms with Crippen molar-refractivity contribution in [3.8, 4) is 0 Å². The molecule has 1 fully saturated rings. The lowest BCUT2D eigenvalue weighted by Gasteiger charge is -2.24. The van der Waals surface area contributed by atoms with Crippen molar-refractivity contribution in [2.24, 2.45) is 5.73 Å². The molecule has 4 nitrogen and oxygen atoms in total. The number of amides is 1. The third-order valence-corrected chi connectivity index (χ3v) is 4.60. The summed E-state index contributed by atoms with van der Waals surface area (Å²) in [5.74, 6) is -0.307. The van der Waals surface area contributed by atoms with Crippen molar-refractivity contribution in [3.63, 3.8) is 0 Å². The number of thiocarbonyl (C=S) groups is 1. The first-order chi connectivity index (χ1) is 9.91. The van der Waals surface area contributed by atoms with Gasteiger partial charge in [-0.3, -0.25) is 4.79 Å². The fraction of sp³-hybridized carbons (Fsp3) is 0.429. The van der Waals surface area contributed by atoms with Crippen molar-refractivity contribution in [2.45, 2.75) is 13.3 Å². The Morgan fingerprint density at radius 2 is 2.05 bits per heavy atom. The van der Waals surface area contributed by atoms with Crippen LogP contribution in [-0.4, -0.2) is 42.0 Å². The summed E-state index contributed by atoms with van der Waals surface area (Å²) in [4.78, 5) is 15.3. The molecule has 1 aromatic carbocycles. The largest absolute Gasteiger partial charge is 0.389 e. The first-order valence-electron chi connectivity index (χ1n) is 6.70. The molecular formula is C14H17BrFN3OS. The van der Waals surface area contributed by atoms with Crippen LogP contribution in [0.3, 0.4) is 0 Å². The Bertz CT molecular complexity index is 582. The molecular weight excluding hydrogens is 357 g/mol. The Balaban J connectivity index is 2.24. The van der Waals surface area contributed by atoms with Crippen molar-refractivity contribution in [2.75, 3.05) is 31.1 Å². The number of rotatable bonds is 2. The molecule has 0 bridgehead atoms. The van der Waals surface area contributed by atoms with E-state index in [4.69, 9.17) is 18.0 Å². The zero-order valence-corrected chi connectivity index (χ0v) is 14.1. The lowest BCUT2D eigenvalue weighted by atomic mass is 10.1. The molecule has 2 rings (SSSR count). The van der Waals surface area contributed by atoms with Gasteiger partial charge in [-0.05, 0) is 34.5 Å². The van der Waals surface area contributed by atoms with Crippen molar-refractivity contribution in [3.05, 3.63) is 28.0 Å². The van der Waals surface area contributed by atoms with Gasteiger partial charge in [-0.2, -0.15) is 0 Å². The summed E-state index contributed by atoms with van der Waals surface area (Å²) < 4.78 is 14.8. The Hall–Kier alpha value is -1.21. The van der Waals surface area contributed by atoms with E-state index < -0.39 is 0 Å². The summed E-state index contributed by atoms with van der Waals surface area (Å²) in [6, 6.07) is 3.41. The highest BCUT2D eigenvalue weighted by Crippen LogP contribution is 2.30. The van der Waals surface area contributed by atoms with E-state index in [0.29, 0.717) is 41.9 Å². The van der Waals surface area contributed by atoms with Crippen molar-refractivity contribution >= 4 is 44.7 Å². The highest BCUT2D eigenvalue weighted by molar-refractivity contribution is 9.10. The molecule has 7 heteroatoms. The van der Waals surface area contributed by atoms with E-state index in [1.165, 1.54) is 0 Å². The maximum atomic E-state index is 14.5. The number of hydrogen-bond acceptors (Lipinski definition) is 3. The zero-order chi connectivity index (χ0) is 15.6. The number of nitrogens with zero attached hydrogens (tertiary/aromatic N) is 2. The average Bonchev–Trinajstić information content (AvgIpc) is 2.67. The molecule has 0 aromatic heterocycles. The van der Waals surface area contributed by atoms with E-state index in [-0.39, 0.29) is 16.7 Å². The molecule has 114 valence electrons. The second-order valence-electron chi connectivity index (χ2n) is 4.97. The molecule has 1 aliphatic rings. The predicted octanol–water partition coefficient (Wildman–Crippen LogP) is 2.28. The molecule has 21 heavy (non-hydrogen) atoms. The molecule has 1 saturated heterocycles. The molecule has 0 atom stereocenters. The van der Waals surface area contributed by atoms with Crippen LogP contribution in [0.25, 0.3) is 0 Å². The van der Waals surface area contributed by atoms with E-state index in [2.05, 4.69) is 15.9 Å². The van der Waals surface area contributed by atoms with Crippen LogP contribution >= 0.6 is 28.1 Å². The SMILES string of the molecule is CC(=O)N1CCCN(c2ccc(C(N)=S)c(Br)c2F)CC1. The first-order valence-corrected chi connectivity index (χ1v) is 7.90. The smallest absolute Gasteiger partial charge is 0.219 e. The van der Waals surface area contributed by atoms with E-state index in [1.54, 1.807) is 24.0 Å². The van der Waals surface area contributed by atoms with Crippen LogP contribution in [0.5, 0.6) is 0 Å². The van der Waals surface area contributed by atoms with Crippen LogP contribution < -0.4 is 10.6 Å². The molecule has 0 saturated carbocycles. The van der Waals surface area contributed by atoms with Gasteiger partial charge in [-0.1, -0.05) is 12.2 Å². The fourth-order valence-electron chi connectivity index (χ4n) is 2.45. The number of hydrogen-bond donors (Lipinski definition) is 1. The maximum Gasteiger partial charge on any atom is 0.219 e. The van der Waals surface area contributed by atoms with Gasteiger partial charge in [-0.15, -0.1) is 0 Å². The summed E-state index contributed by atoms with van der Waals surface area (Å²) in [5, 5.41) is 0. The second-order valence-corrected chi connectivity index (χ2v) is 6.20. The standard InChI is InChI=1S/C14H17BrFN3OS/c1-9(20)18-5-2-6-19(8-7-18)11-4-3-10(14(17)21)12(15)13(11)16/h3-4H,2,5-8H2,1H3,(H2,17,21). The van der Waals surface area contributed by atoms with E-state index >= 15 is 0 Å². The Morgan fingerprint density at radius 1 is 1.33 bits per heavy atom. The van der Waals surface area contributed by atoms with Crippen molar-refractivity contribution < 1.29 is 9.18 Å². The molecule has 0 unspecified atom stereocenters. The van der Waals surface area contributed by atoms with Gasteiger partial charge in [0.25, 0.3) is 0 Å². The minimum Gasteiger partial charge on any atom is -0.389 e. The Kier molecular flexibility index (Phi) is 5.16. The summed E-state index contributed by atoms with van der Waals surface area (Å²) >= 11 is 8.12.